The number of aromatic nitrogens is 1. The van der Waals surface area contributed by atoms with Crippen molar-refractivity contribution in [3.63, 3.8) is 0 Å². The molecule has 0 aliphatic carbocycles. The Morgan fingerprint density at radius 2 is 1.87 bits per heavy atom. The average molecular weight is 311 g/mol. The van der Waals surface area contributed by atoms with Gasteiger partial charge in [0.2, 0.25) is 5.91 Å². The van der Waals surface area contributed by atoms with Gasteiger partial charge < -0.3 is 10.6 Å². The lowest BCUT2D eigenvalue weighted by Gasteiger charge is -2.18. The summed E-state index contributed by atoms with van der Waals surface area (Å²) in [7, 11) is 0. The van der Waals surface area contributed by atoms with E-state index < -0.39 is 5.41 Å². The van der Waals surface area contributed by atoms with Crippen LogP contribution in [-0.2, 0) is 11.3 Å². The zero-order valence-electron chi connectivity index (χ0n) is 13.6. The van der Waals surface area contributed by atoms with Crippen molar-refractivity contribution in [2.75, 3.05) is 5.32 Å². The number of carbonyl (C=O) groups is 2. The molecular formula is C18H21N3O2. The van der Waals surface area contributed by atoms with Gasteiger partial charge in [0.1, 0.15) is 0 Å². The Kier molecular flexibility index (Phi) is 5.11. The van der Waals surface area contributed by atoms with Crippen LogP contribution in [0.2, 0.25) is 0 Å². The second-order valence-corrected chi connectivity index (χ2v) is 6.29. The quantitative estimate of drug-likeness (QED) is 0.912. The van der Waals surface area contributed by atoms with Gasteiger partial charge in [0.25, 0.3) is 5.91 Å². The van der Waals surface area contributed by atoms with Crippen molar-refractivity contribution < 1.29 is 9.59 Å². The van der Waals surface area contributed by atoms with Crippen LogP contribution in [-0.4, -0.2) is 16.8 Å². The van der Waals surface area contributed by atoms with E-state index in [4.69, 9.17) is 0 Å². The summed E-state index contributed by atoms with van der Waals surface area (Å²) in [5.74, 6) is -0.300. The summed E-state index contributed by atoms with van der Waals surface area (Å²) in [5.41, 5.74) is 1.40. The first kappa shape index (κ1) is 16.7. The fourth-order valence-electron chi connectivity index (χ4n) is 1.83. The van der Waals surface area contributed by atoms with Gasteiger partial charge in [0.05, 0.1) is 12.2 Å². The molecule has 0 atom stereocenters. The SMILES string of the molecule is CC(C)(C)C(=O)Nc1cccc(C(=O)NCc2ccccn2)c1. The first-order chi connectivity index (χ1) is 10.9. The summed E-state index contributed by atoms with van der Waals surface area (Å²) in [5, 5.41) is 5.63. The molecule has 1 aromatic carbocycles. The highest BCUT2D eigenvalue weighted by Crippen LogP contribution is 2.18. The van der Waals surface area contributed by atoms with Crippen molar-refractivity contribution >= 4 is 17.5 Å². The number of benzene rings is 1. The first-order valence-electron chi connectivity index (χ1n) is 7.46. The number of nitrogens with zero attached hydrogens (tertiary/aromatic N) is 1. The molecule has 0 bridgehead atoms. The van der Waals surface area contributed by atoms with Crippen LogP contribution in [0, 0.1) is 5.41 Å². The second-order valence-electron chi connectivity index (χ2n) is 6.29. The van der Waals surface area contributed by atoms with Crippen molar-refractivity contribution in [1.29, 1.82) is 0 Å². The highest BCUT2D eigenvalue weighted by atomic mass is 16.2. The Balaban J connectivity index is 2.01. The third-order valence-electron chi connectivity index (χ3n) is 3.22. The zero-order valence-corrected chi connectivity index (χ0v) is 13.6. The third kappa shape index (κ3) is 4.92. The first-order valence-corrected chi connectivity index (χ1v) is 7.46. The predicted octanol–water partition coefficient (Wildman–Crippen LogP) is 3.00. The Labute approximate surface area is 136 Å². The van der Waals surface area contributed by atoms with E-state index >= 15 is 0 Å². The highest BCUT2D eigenvalue weighted by Gasteiger charge is 2.21. The van der Waals surface area contributed by atoms with E-state index in [1.165, 1.54) is 0 Å². The van der Waals surface area contributed by atoms with Crippen molar-refractivity contribution in [2.24, 2.45) is 5.41 Å². The minimum absolute atomic E-state index is 0.0939. The summed E-state index contributed by atoms with van der Waals surface area (Å²) < 4.78 is 0. The molecule has 5 nitrogen and oxygen atoms in total. The number of pyridine rings is 1. The van der Waals surface area contributed by atoms with Crippen LogP contribution >= 0.6 is 0 Å². The van der Waals surface area contributed by atoms with Crippen LogP contribution in [0.25, 0.3) is 0 Å². The standard InChI is InChI=1S/C18H21N3O2/c1-18(2,3)17(23)21-14-9-6-7-13(11-14)16(22)20-12-15-8-4-5-10-19-15/h4-11H,12H2,1-3H3,(H,20,22)(H,21,23). The van der Waals surface area contributed by atoms with Gasteiger partial charge in [-0.25, -0.2) is 0 Å². The molecule has 0 aliphatic rings. The van der Waals surface area contributed by atoms with Gasteiger partial charge in [-0.1, -0.05) is 32.9 Å². The zero-order chi connectivity index (χ0) is 16.9. The number of nitrogens with one attached hydrogen (secondary N) is 2. The highest BCUT2D eigenvalue weighted by molar-refractivity contribution is 5.98. The molecule has 0 radical (unpaired) electrons. The smallest absolute Gasteiger partial charge is 0.251 e. The molecule has 2 aromatic rings. The Morgan fingerprint density at radius 3 is 2.52 bits per heavy atom. The second kappa shape index (κ2) is 7.05. The summed E-state index contributed by atoms with van der Waals surface area (Å²) in [6.07, 6.45) is 1.68. The minimum atomic E-state index is -0.489. The van der Waals surface area contributed by atoms with E-state index in [-0.39, 0.29) is 11.8 Å². The molecule has 1 heterocycles. The maximum Gasteiger partial charge on any atom is 0.251 e. The van der Waals surface area contributed by atoms with Gasteiger partial charge in [-0.2, -0.15) is 0 Å². The molecule has 1 aromatic heterocycles. The summed E-state index contributed by atoms with van der Waals surface area (Å²) >= 11 is 0. The lowest BCUT2D eigenvalue weighted by molar-refractivity contribution is -0.123. The number of carbonyl (C=O) groups excluding carboxylic acids is 2. The van der Waals surface area contributed by atoms with Crippen LogP contribution in [0.5, 0.6) is 0 Å². The van der Waals surface area contributed by atoms with Gasteiger partial charge >= 0.3 is 0 Å². The number of hydrogen-bond donors (Lipinski definition) is 2. The Hall–Kier alpha value is -2.69. The fraction of sp³-hybridized carbons (Fsp3) is 0.278. The van der Waals surface area contributed by atoms with Crippen molar-refractivity contribution in [3.05, 3.63) is 59.9 Å². The van der Waals surface area contributed by atoms with Crippen molar-refractivity contribution in [2.45, 2.75) is 27.3 Å². The molecule has 5 heteroatoms. The lowest BCUT2D eigenvalue weighted by Crippen LogP contribution is -2.28. The number of anilines is 1. The molecule has 0 unspecified atom stereocenters. The normalized spacial score (nSPS) is 10.9. The molecule has 120 valence electrons. The van der Waals surface area contributed by atoms with E-state index in [1.807, 2.05) is 39.0 Å². The molecular weight excluding hydrogens is 290 g/mol. The van der Waals surface area contributed by atoms with E-state index in [0.29, 0.717) is 17.8 Å². The van der Waals surface area contributed by atoms with E-state index in [2.05, 4.69) is 15.6 Å². The maximum absolute atomic E-state index is 12.2. The van der Waals surface area contributed by atoms with Crippen LogP contribution in [0.3, 0.4) is 0 Å². The fourth-order valence-corrected chi connectivity index (χ4v) is 1.83. The predicted molar refractivity (Wildman–Crippen MR) is 89.9 cm³/mol. The monoisotopic (exact) mass is 311 g/mol. The van der Waals surface area contributed by atoms with E-state index in [0.717, 1.165) is 5.69 Å². The summed E-state index contributed by atoms with van der Waals surface area (Å²) in [6.45, 7) is 5.88. The number of hydrogen-bond acceptors (Lipinski definition) is 3. The van der Waals surface area contributed by atoms with Gasteiger partial charge in [-0.05, 0) is 30.3 Å². The maximum atomic E-state index is 12.2. The molecule has 2 amide bonds. The molecule has 0 aliphatic heterocycles. The topological polar surface area (TPSA) is 71.1 Å². The van der Waals surface area contributed by atoms with E-state index in [9.17, 15) is 9.59 Å². The minimum Gasteiger partial charge on any atom is -0.346 e. The molecule has 2 rings (SSSR count). The van der Waals surface area contributed by atoms with Crippen molar-refractivity contribution in [3.8, 4) is 0 Å². The molecule has 0 fully saturated rings. The molecule has 2 N–H and O–H groups in total. The van der Waals surface area contributed by atoms with Gasteiger partial charge in [-0.15, -0.1) is 0 Å². The lowest BCUT2D eigenvalue weighted by atomic mass is 9.95. The van der Waals surface area contributed by atoms with Crippen LogP contribution in [0.15, 0.2) is 48.7 Å². The average Bonchev–Trinajstić information content (AvgIpc) is 2.53. The van der Waals surface area contributed by atoms with Crippen molar-refractivity contribution in [1.82, 2.24) is 10.3 Å². The Morgan fingerprint density at radius 1 is 1.09 bits per heavy atom. The van der Waals surface area contributed by atoms with Gasteiger partial charge in [-0.3, -0.25) is 14.6 Å². The van der Waals surface area contributed by atoms with Crippen LogP contribution < -0.4 is 10.6 Å². The molecule has 23 heavy (non-hydrogen) atoms. The van der Waals surface area contributed by atoms with Crippen LogP contribution in [0.4, 0.5) is 5.69 Å². The molecule has 0 saturated heterocycles. The number of rotatable bonds is 4. The Bertz CT molecular complexity index is 691. The molecule has 0 saturated carbocycles. The van der Waals surface area contributed by atoms with Gasteiger partial charge in [0, 0.05) is 22.9 Å². The van der Waals surface area contributed by atoms with Gasteiger partial charge in [0.15, 0.2) is 0 Å². The number of amides is 2. The summed E-state index contributed by atoms with van der Waals surface area (Å²) in [4.78, 5) is 28.4. The van der Waals surface area contributed by atoms with Crippen LogP contribution in [0.1, 0.15) is 36.8 Å². The van der Waals surface area contributed by atoms with E-state index in [1.54, 1.807) is 30.5 Å². The molecule has 0 spiro atoms. The third-order valence-corrected chi connectivity index (χ3v) is 3.22. The summed E-state index contributed by atoms with van der Waals surface area (Å²) in [6, 6.07) is 12.4. The largest absolute Gasteiger partial charge is 0.346 e.